The van der Waals surface area contributed by atoms with E-state index in [2.05, 4.69) is 20.1 Å². The number of halogens is 2. The lowest BCUT2D eigenvalue weighted by molar-refractivity contribution is -0.124. The number of nitrogens with two attached hydrogens (primary N) is 1. The molecule has 1 saturated carbocycles. The maximum absolute atomic E-state index is 12.3. The molecular formula is C17H29Cl2N5O. The standard InChI is InChI=1S/C17H27N5O.2ClH/c18-14-17(6-2-3-7-17)20-16(23)13-21-9-11-22(12-10-21)15-5-1-4-8-19-15;;/h1,4-5,8H,2-3,6-7,9-14,18H2,(H,20,23);2*1H. The topological polar surface area (TPSA) is 74.5 Å². The maximum Gasteiger partial charge on any atom is 0.234 e. The number of piperazine rings is 1. The Hall–Kier alpha value is -1.08. The number of rotatable bonds is 5. The fourth-order valence-corrected chi connectivity index (χ4v) is 3.65. The van der Waals surface area contributed by atoms with Crippen molar-refractivity contribution in [3.05, 3.63) is 24.4 Å². The summed E-state index contributed by atoms with van der Waals surface area (Å²) < 4.78 is 0. The molecule has 1 aromatic heterocycles. The SMILES string of the molecule is Cl.Cl.NCC1(NC(=O)CN2CCN(c3ccccn3)CC2)CCCC1. The molecule has 1 saturated heterocycles. The number of carbonyl (C=O) groups excluding carboxylic acids is 1. The number of pyridine rings is 1. The molecule has 25 heavy (non-hydrogen) atoms. The third kappa shape index (κ3) is 5.71. The summed E-state index contributed by atoms with van der Waals surface area (Å²) in [5.41, 5.74) is 5.74. The van der Waals surface area contributed by atoms with E-state index in [1.54, 1.807) is 0 Å². The maximum atomic E-state index is 12.3. The van der Waals surface area contributed by atoms with Crippen molar-refractivity contribution in [3.8, 4) is 0 Å². The van der Waals surface area contributed by atoms with E-state index in [0.29, 0.717) is 13.1 Å². The van der Waals surface area contributed by atoms with Crippen molar-refractivity contribution in [1.82, 2.24) is 15.2 Å². The first-order valence-corrected chi connectivity index (χ1v) is 8.60. The molecule has 0 radical (unpaired) electrons. The monoisotopic (exact) mass is 389 g/mol. The summed E-state index contributed by atoms with van der Waals surface area (Å²) in [6.07, 6.45) is 6.19. The van der Waals surface area contributed by atoms with E-state index in [4.69, 9.17) is 5.73 Å². The average Bonchev–Trinajstić information content (AvgIpc) is 3.05. The minimum atomic E-state index is -0.146. The minimum absolute atomic E-state index is 0. The summed E-state index contributed by atoms with van der Waals surface area (Å²) in [7, 11) is 0. The van der Waals surface area contributed by atoms with Gasteiger partial charge in [-0.05, 0) is 25.0 Å². The lowest BCUT2D eigenvalue weighted by Crippen LogP contribution is -2.56. The van der Waals surface area contributed by atoms with Gasteiger partial charge in [0.15, 0.2) is 0 Å². The van der Waals surface area contributed by atoms with E-state index in [0.717, 1.165) is 44.8 Å². The van der Waals surface area contributed by atoms with E-state index >= 15 is 0 Å². The second-order valence-electron chi connectivity index (χ2n) is 6.69. The van der Waals surface area contributed by atoms with Crippen LogP contribution in [0.3, 0.4) is 0 Å². The molecule has 1 amide bonds. The molecule has 1 aliphatic carbocycles. The minimum Gasteiger partial charge on any atom is -0.354 e. The molecule has 6 nitrogen and oxygen atoms in total. The zero-order valence-electron chi connectivity index (χ0n) is 14.5. The van der Waals surface area contributed by atoms with Gasteiger partial charge in [-0.1, -0.05) is 18.9 Å². The van der Waals surface area contributed by atoms with Crippen LogP contribution in [0.4, 0.5) is 5.82 Å². The van der Waals surface area contributed by atoms with Crippen LogP contribution in [0.1, 0.15) is 25.7 Å². The van der Waals surface area contributed by atoms with Gasteiger partial charge in [0.1, 0.15) is 5.82 Å². The number of amides is 1. The van der Waals surface area contributed by atoms with Crippen molar-refractivity contribution in [1.29, 1.82) is 0 Å². The van der Waals surface area contributed by atoms with E-state index in [-0.39, 0.29) is 36.3 Å². The molecule has 1 aromatic rings. The number of aromatic nitrogens is 1. The highest BCUT2D eigenvalue weighted by atomic mass is 35.5. The third-order valence-corrected chi connectivity index (χ3v) is 5.07. The predicted molar refractivity (Wildman–Crippen MR) is 106 cm³/mol. The first-order chi connectivity index (χ1) is 11.2. The molecule has 3 rings (SSSR count). The Bertz CT molecular complexity index is 517. The smallest absolute Gasteiger partial charge is 0.234 e. The third-order valence-electron chi connectivity index (χ3n) is 5.07. The normalized spacial score (nSPS) is 19.6. The van der Waals surface area contributed by atoms with Crippen LogP contribution in [-0.4, -0.2) is 60.6 Å². The molecule has 2 fully saturated rings. The van der Waals surface area contributed by atoms with Gasteiger partial charge >= 0.3 is 0 Å². The van der Waals surface area contributed by atoms with Gasteiger partial charge in [0.2, 0.25) is 5.91 Å². The van der Waals surface area contributed by atoms with Crippen LogP contribution in [0.2, 0.25) is 0 Å². The predicted octanol–water partition coefficient (Wildman–Crippen LogP) is 1.43. The summed E-state index contributed by atoms with van der Waals surface area (Å²) in [5, 5.41) is 3.20. The van der Waals surface area contributed by atoms with Crippen LogP contribution in [0, 0.1) is 0 Å². The van der Waals surface area contributed by atoms with E-state index in [1.165, 1.54) is 12.8 Å². The van der Waals surface area contributed by atoms with E-state index < -0.39 is 0 Å². The van der Waals surface area contributed by atoms with Crippen LogP contribution in [0.25, 0.3) is 0 Å². The molecule has 1 aliphatic heterocycles. The molecule has 0 unspecified atom stereocenters. The molecule has 0 aromatic carbocycles. The Morgan fingerprint density at radius 2 is 1.84 bits per heavy atom. The summed E-state index contributed by atoms with van der Waals surface area (Å²) in [5.74, 6) is 1.13. The van der Waals surface area contributed by atoms with Gasteiger partial charge < -0.3 is 16.0 Å². The van der Waals surface area contributed by atoms with Crippen molar-refractivity contribution in [2.45, 2.75) is 31.2 Å². The summed E-state index contributed by atoms with van der Waals surface area (Å²) in [6.45, 7) is 4.61. The first-order valence-electron chi connectivity index (χ1n) is 8.60. The number of anilines is 1. The fraction of sp³-hybridized carbons (Fsp3) is 0.647. The van der Waals surface area contributed by atoms with Crippen LogP contribution >= 0.6 is 24.8 Å². The van der Waals surface area contributed by atoms with Crippen LogP contribution in [-0.2, 0) is 4.79 Å². The molecule has 0 atom stereocenters. The Morgan fingerprint density at radius 1 is 1.16 bits per heavy atom. The van der Waals surface area contributed by atoms with Gasteiger partial charge in [0.25, 0.3) is 0 Å². The highest BCUT2D eigenvalue weighted by Gasteiger charge is 2.34. The summed E-state index contributed by atoms with van der Waals surface area (Å²) in [6, 6.07) is 5.98. The highest BCUT2D eigenvalue weighted by Crippen LogP contribution is 2.28. The Morgan fingerprint density at radius 3 is 2.40 bits per heavy atom. The van der Waals surface area contributed by atoms with Gasteiger partial charge in [0.05, 0.1) is 12.1 Å². The second-order valence-corrected chi connectivity index (χ2v) is 6.69. The van der Waals surface area contributed by atoms with Gasteiger partial charge in [-0.15, -0.1) is 24.8 Å². The van der Waals surface area contributed by atoms with Crippen molar-refractivity contribution in [2.75, 3.05) is 44.2 Å². The van der Waals surface area contributed by atoms with Crippen molar-refractivity contribution in [3.63, 3.8) is 0 Å². The zero-order chi connectivity index (χ0) is 16.1. The Labute approximate surface area is 162 Å². The van der Waals surface area contributed by atoms with Crippen LogP contribution in [0.15, 0.2) is 24.4 Å². The van der Waals surface area contributed by atoms with Crippen LogP contribution < -0.4 is 16.0 Å². The number of hydrogen-bond donors (Lipinski definition) is 2. The molecule has 0 bridgehead atoms. The number of nitrogens with one attached hydrogen (secondary N) is 1. The number of nitrogens with zero attached hydrogens (tertiary/aromatic N) is 3. The summed E-state index contributed by atoms with van der Waals surface area (Å²) in [4.78, 5) is 21.2. The van der Waals surface area contributed by atoms with Gasteiger partial charge in [-0.2, -0.15) is 0 Å². The van der Waals surface area contributed by atoms with Gasteiger partial charge in [-0.25, -0.2) is 4.98 Å². The molecule has 142 valence electrons. The molecule has 2 heterocycles. The van der Waals surface area contributed by atoms with Crippen molar-refractivity contribution < 1.29 is 4.79 Å². The average molecular weight is 390 g/mol. The van der Waals surface area contributed by atoms with E-state index in [9.17, 15) is 4.79 Å². The largest absolute Gasteiger partial charge is 0.354 e. The van der Waals surface area contributed by atoms with Crippen LogP contribution in [0.5, 0.6) is 0 Å². The molecule has 3 N–H and O–H groups in total. The van der Waals surface area contributed by atoms with Gasteiger partial charge in [0, 0.05) is 38.9 Å². The van der Waals surface area contributed by atoms with Crippen molar-refractivity contribution in [2.24, 2.45) is 5.73 Å². The van der Waals surface area contributed by atoms with E-state index in [1.807, 2.05) is 24.4 Å². The number of hydrogen-bond acceptors (Lipinski definition) is 5. The van der Waals surface area contributed by atoms with Gasteiger partial charge in [-0.3, -0.25) is 9.69 Å². The second kappa shape index (κ2) is 10.2. The summed E-state index contributed by atoms with van der Waals surface area (Å²) >= 11 is 0. The molecule has 2 aliphatic rings. The quantitative estimate of drug-likeness (QED) is 0.796. The highest BCUT2D eigenvalue weighted by molar-refractivity contribution is 5.85. The zero-order valence-corrected chi connectivity index (χ0v) is 16.2. The molecule has 0 spiro atoms. The molecule has 8 heteroatoms. The fourth-order valence-electron chi connectivity index (χ4n) is 3.65. The Balaban J connectivity index is 0.00000156. The molecular weight excluding hydrogens is 361 g/mol. The lowest BCUT2D eigenvalue weighted by atomic mass is 9.98. The number of carbonyl (C=O) groups is 1. The Kier molecular flexibility index (Phi) is 8.93. The lowest BCUT2D eigenvalue weighted by Gasteiger charge is -2.36. The van der Waals surface area contributed by atoms with Crippen molar-refractivity contribution >= 4 is 36.5 Å². The first kappa shape index (κ1) is 22.0.